The maximum absolute atomic E-state index is 13.4. The van der Waals surface area contributed by atoms with E-state index in [9.17, 15) is 19.3 Å². The van der Waals surface area contributed by atoms with Gasteiger partial charge in [-0.05, 0) is 0 Å². The van der Waals surface area contributed by atoms with Crippen LogP contribution in [0, 0.1) is 15.9 Å². The summed E-state index contributed by atoms with van der Waals surface area (Å²) in [6.45, 7) is 0.133. The molecule has 0 saturated heterocycles. The van der Waals surface area contributed by atoms with E-state index >= 15 is 0 Å². The average Bonchev–Trinajstić information content (AvgIpc) is 2.37. The van der Waals surface area contributed by atoms with Gasteiger partial charge in [-0.2, -0.15) is 0 Å². The van der Waals surface area contributed by atoms with Gasteiger partial charge in [-0.25, -0.2) is 9.18 Å². The second-order valence-corrected chi connectivity index (χ2v) is 4.26. The van der Waals surface area contributed by atoms with E-state index in [0.717, 1.165) is 12.1 Å². The molecule has 0 heterocycles. The third kappa shape index (κ3) is 4.04. The molecule has 0 spiro atoms. The number of nitro benzene ring substituents is 1. The summed E-state index contributed by atoms with van der Waals surface area (Å²) in [5, 5.41) is 21.9. The summed E-state index contributed by atoms with van der Waals surface area (Å²) in [6, 6.07) is 0.478. The Morgan fingerprint density at radius 3 is 2.80 bits per heavy atom. The first kappa shape index (κ1) is 16.1. The van der Waals surface area contributed by atoms with E-state index in [4.69, 9.17) is 21.4 Å². The lowest BCUT2D eigenvalue weighted by molar-refractivity contribution is -0.384. The fourth-order valence-corrected chi connectivity index (χ4v) is 1.64. The molecule has 0 aliphatic heterocycles. The molecule has 1 rings (SSSR count). The Labute approximate surface area is 118 Å². The van der Waals surface area contributed by atoms with Gasteiger partial charge < -0.3 is 15.2 Å². The number of carboxylic acid groups (broad SMARTS) is 1. The SMILES string of the molecule is COCCC(Nc1cc(F)c(Cl)cc1[N+](=O)[O-])C(=O)O. The second-order valence-electron chi connectivity index (χ2n) is 3.86. The molecule has 0 bridgehead atoms. The van der Waals surface area contributed by atoms with E-state index in [-0.39, 0.29) is 18.7 Å². The molecule has 110 valence electrons. The Morgan fingerprint density at radius 1 is 1.65 bits per heavy atom. The molecule has 0 aliphatic carbocycles. The zero-order valence-electron chi connectivity index (χ0n) is 10.4. The molecule has 0 aromatic heterocycles. The molecule has 0 saturated carbocycles. The number of hydrogen-bond donors (Lipinski definition) is 2. The van der Waals surface area contributed by atoms with Gasteiger partial charge in [0.2, 0.25) is 0 Å². The Kier molecular flexibility index (Phi) is 5.66. The molecule has 1 aromatic rings. The quantitative estimate of drug-likeness (QED) is 0.592. The number of ether oxygens (including phenoxy) is 1. The van der Waals surface area contributed by atoms with Crippen LogP contribution in [0.25, 0.3) is 0 Å². The highest BCUT2D eigenvalue weighted by molar-refractivity contribution is 6.31. The zero-order chi connectivity index (χ0) is 15.3. The van der Waals surface area contributed by atoms with Crippen molar-refractivity contribution in [1.82, 2.24) is 0 Å². The predicted octanol–water partition coefficient (Wildman–Crippen LogP) is 2.29. The Bertz CT molecular complexity index is 526. The van der Waals surface area contributed by atoms with Gasteiger partial charge in [0.1, 0.15) is 17.5 Å². The maximum atomic E-state index is 13.4. The minimum atomic E-state index is -1.23. The van der Waals surface area contributed by atoms with Crippen LogP contribution in [-0.4, -0.2) is 35.8 Å². The Hall–Kier alpha value is -1.93. The van der Waals surface area contributed by atoms with Gasteiger partial charge in [-0.3, -0.25) is 10.1 Å². The van der Waals surface area contributed by atoms with E-state index in [1.54, 1.807) is 0 Å². The number of halogens is 2. The van der Waals surface area contributed by atoms with E-state index in [2.05, 4.69) is 5.32 Å². The lowest BCUT2D eigenvalue weighted by Crippen LogP contribution is -2.30. The fourth-order valence-electron chi connectivity index (χ4n) is 1.48. The van der Waals surface area contributed by atoms with Gasteiger partial charge in [0.05, 0.1) is 9.95 Å². The molecule has 1 unspecified atom stereocenters. The van der Waals surface area contributed by atoms with Crippen LogP contribution in [0.5, 0.6) is 0 Å². The van der Waals surface area contributed by atoms with Crippen molar-refractivity contribution in [3.63, 3.8) is 0 Å². The van der Waals surface area contributed by atoms with Gasteiger partial charge in [-0.15, -0.1) is 0 Å². The third-order valence-electron chi connectivity index (χ3n) is 2.47. The van der Waals surface area contributed by atoms with Gasteiger partial charge in [-0.1, -0.05) is 11.6 Å². The molecule has 9 heteroatoms. The van der Waals surface area contributed by atoms with Crippen LogP contribution < -0.4 is 5.32 Å². The summed E-state index contributed by atoms with van der Waals surface area (Å²) in [6.07, 6.45) is 0.0627. The lowest BCUT2D eigenvalue weighted by Gasteiger charge is -2.15. The molecule has 1 aromatic carbocycles. The number of benzene rings is 1. The van der Waals surface area contributed by atoms with Crippen molar-refractivity contribution >= 4 is 28.9 Å². The third-order valence-corrected chi connectivity index (χ3v) is 2.76. The van der Waals surface area contributed by atoms with E-state index in [1.165, 1.54) is 7.11 Å². The maximum Gasteiger partial charge on any atom is 0.326 e. The highest BCUT2D eigenvalue weighted by atomic mass is 35.5. The first-order valence-corrected chi connectivity index (χ1v) is 5.86. The van der Waals surface area contributed by atoms with Crippen LogP contribution in [0.3, 0.4) is 0 Å². The molecule has 2 N–H and O–H groups in total. The van der Waals surface area contributed by atoms with Crippen LogP contribution in [0.1, 0.15) is 6.42 Å². The smallest absolute Gasteiger partial charge is 0.326 e. The number of carboxylic acids is 1. The number of nitrogens with one attached hydrogen (secondary N) is 1. The van der Waals surface area contributed by atoms with E-state index in [0.29, 0.717) is 0 Å². The van der Waals surface area contributed by atoms with Crippen molar-refractivity contribution < 1.29 is 24.0 Å². The van der Waals surface area contributed by atoms with Crippen LogP contribution >= 0.6 is 11.6 Å². The first-order valence-electron chi connectivity index (χ1n) is 5.48. The number of nitro groups is 1. The zero-order valence-corrected chi connectivity index (χ0v) is 11.2. The van der Waals surface area contributed by atoms with Gasteiger partial charge in [0.25, 0.3) is 5.69 Å². The number of nitrogens with zero attached hydrogens (tertiary/aromatic N) is 1. The second kappa shape index (κ2) is 7.01. The van der Waals surface area contributed by atoms with Crippen molar-refractivity contribution in [2.24, 2.45) is 0 Å². The number of aliphatic carboxylic acids is 1. The molecule has 7 nitrogen and oxygen atoms in total. The number of hydrogen-bond acceptors (Lipinski definition) is 5. The molecule has 0 radical (unpaired) electrons. The monoisotopic (exact) mass is 306 g/mol. The molecule has 0 aliphatic rings. The Balaban J connectivity index is 3.07. The molecular formula is C11H12ClFN2O5. The largest absolute Gasteiger partial charge is 0.480 e. The van der Waals surface area contributed by atoms with Crippen LogP contribution in [0.2, 0.25) is 5.02 Å². The minimum Gasteiger partial charge on any atom is -0.480 e. The number of carbonyl (C=O) groups is 1. The molecule has 0 fully saturated rings. The molecule has 1 atom stereocenters. The summed E-state index contributed by atoms with van der Waals surface area (Å²) in [5.41, 5.74) is -0.750. The molecular weight excluding hydrogens is 295 g/mol. The minimum absolute atomic E-state index is 0.0627. The predicted molar refractivity (Wildman–Crippen MR) is 69.6 cm³/mol. The van der Waals surface area contributed by atoms with E-state index in [1.807, 2.05) is 0 Å². The summed E-state index contributed by atoms with van der Waals surface area (Å²) in [5.74, 6) is -2.11. The summed E-state index contributed by atoms with van der Waals surface area (Å²) < 4.78 is 18.1. The van der Waals surface area contributed by atoms with Crippen molar-refractivity contribution in [1.29, 1.82) is 0 Å². The highest BCUT2D eigenvalue weighted by Gasteiger charge is 2.23. The summed E-state index contributed by atoms with van der Waals surface area (Å²) in [7, 11) is 1.39. The standard InChI is InChI=1S/C11H12ClFN2O5/c1-20-3-2-8(11(16)17)14-9-5-7(13)6(12)4-10(9)15(18)19/h4-5,8,14H,2-3H2,1H3,(H,16,17). The van der Waals surface area contributed by atoms with Gasteiger partial charge in [0.15, 0.2) is 0 Å². The summed E-state index contributed by atoms with van der Waals surface area (Å²) in [4.78, 5) is 21.1. The van der Waals surface area contributed by atoms with Crippen LogP contribution in [0.15, 0.2) is 12.1 Å². The first-order chi connectivity index (χ1) is 9.36. The topological polar surface area (TPSA) is 102 Å². The fraction of sp³-hybridized carbons (Fsp3) is 0.364. The van der Waals surface area contributed by atoms with Crippen molar-refractivity contribution in [3.05, 3.63) is 33.1 Å². The number of methoxy groups -OCH3 is 1. The molecule has 0 amide bonds. The van der Waals surface area contributed by atoms with Crippen molar-refractivity contribution in [2.45, 2.75) is 12.5 Å². The lowest BCUT2D eigenvalue weighted by atomic mass is 10.2. The number of rotatable bonds is 7. The average molecular weight is 307 g/mol. The summed E-state index contributed by atoms with van der Waals surface area (Å²) >= 11 is 5.47. The van der Waals surface area contributed by atoms with Crippen molar-refractivity contribution in [2.75, 3.05) is 19.0 Å². The van der Waals surface area contributed by atoms with Crippen molar-refractivity contribution in [3.8, 4) is 0 Å². The van der Waals surface area contributed by atoms with Crippen LogP contribution in [-0.2, 0) is 9.53 Å². The van der Waals surface area contributed by atoms with E-state index < -0.39 is 33.5 Å². The Morgan fingerprint density at radius 2 is 2.30 bits per heavy atom. The van der Waals surface area contributed by atoms with Gasteiger partial charge in [0, 0.05) is 32.3 Å². The normalized spacial score (nSPS) is 11.9. The number of anilines is 1. The van der Waals surface area contributed by atoms with Gasteiger partial charge >= 0.3 is 5.97 Å². The molecule has 20 heavy (non-hydrogen) atoms. The highest BCUT2D eigenvalue weighted by Crippen LogP contribution is 2.31. The van der Waals surface area contributed by atoms with Crippen LogP contribution in [0.4, 0.5) is 15.8 Å².